The van der Waals surface area contributed by atoms with Crippen molar-refractivity contribution >= 4 is 23.9 Å². The lowest BCUT2D eigenvalue weighted by molar-refractivity contribution is -0.139. The van der Waals surface area contributed by atoms with Crippen molar-refractivity contribution in [3.63, 3.8) is 0 Å². The molecule has 3 amide bonds. The average Bonchev–Trinajstić information content (AvgIpc) is 2.79. The van der Waals surface area contributed by atoms with E-state index in [0.717, 1.165) is 5.56 Å². The van der Waals surface area contributed by atoms with E-state index in [4.69, 9.17) is 9.47 Å². The van der Waals surface area contributed by atoms with Crippen LogP contribution in [-0.4, -0.2) is 50.8 Å². The van der Waals surface area contributed by atoms with Gasteiger partial charge in [-0.3, -0.25) is 14.4 Å². The molecule has 2 aromatic rings. The lowest BCUT2D eigenvalue weighted by atomic mass is 10.1. The number of amides is 3. The van der Waals surface area contributed by atoms with Crippen molar-refractivity contribution in [2.75, 3.05) is 26.9 Å². The molecular formula is C22H26N4O5. The predicted molar refractivity (Wildman–Crippen MR) is 116 cm³/mol. The number of hydrogen-bond acceptors (Lipinski definition) is 6. The second kappa shape index (κ2) is 12.8. The van der Waals surface area contributed by atoms with Crippen molar-refractivity contribution in [2.24, 2.45) is 5.10 Å². The fourth-order valence-electron chi connectivity index (χ4n) is 2.47. The van der Waals surface area contributed by atoms with Gasteiger partial charge in [0.1, 0.15) is 5.75 Å². The van der Waals surface area contributed by atoms with Crippen LogP contribution < -0.4 is 20.8 Å². The number of hydrazone groups is 1. The highest BCUT2D eigenvalue weighted by molar-refractivity contribution is 6.35. The van der Waals surface area contributed by atoms with Crippen LogP contribution in [0.25, 0.3) is 0 Å². The molecule has 0 saturated carbocycles. The van der Waals surface area contributed by atoms with Crippen LogP contribution in [0.15, 0.2) is 59.7 Å². The number of carbonyl (C=O) groups excluding carboxylic acids is 3. The Bertz CT molecular complexity index is 885. The first kappa shape index (κ1) is 23.6. The third kappa shape index (κ3) is 8.67. The number of nitrogens with zero attached hydrogens (tertiary/aromatic N) is 1. The molecule has 0 saturated heterocycles. The van der Waals surface area contributed by atoms with Crippen LogP contribution in [0.3, 0.4) is 0 Å². The van der Waals surface area contributed by atoms with Gasteiger partial charge in [-0.2, -0.15) is 5.10 Å². The summed E-state index contributed by atoms with van der Waals surface area (Å²) in [6.07, 6.45) is 1.39. The summed E-state index contributed by atoms with van der Waals surface area (Å²) in [6.45, 7) is 2.34. The summed E-state index contributed by atoms with van der Waals surface area (Å²) in [5, 5.41) is 9.00. The number of ether oxygens (including phenoxy) is 2. The minimum atomic E-state index is -0.872. The van der Waals surface area contributed by atoms with Gasteiger partial charge in [0.05, 0.1) is 18.9 Å². The normalized spacial score (nSPS) is 11.5. The van der Waals surface area contributed by atoms with Gasteiger partial charge < -0.3 is 20.1 Å². The van der Waals surface area contributed by atoms with E-state index >= 15 is 0 Å². The van der Waals surface area contributed by atoms with Crippen molar-refractivity contribution < 1.29 is 23.9 Å². The standard InChI is InChI=1S/C22H26N4O5/c1-16(18-6-4-3-5-7-18)25-20(27)15-31-19-10-8-17(9-11-19)14-24-26-22(29)21(28)23-12-13-30-2/h3-11,14,16H,12-13,15H2,1-2H3,(H,23,28)(H,25,27)(H,26,29)/b24-14-/t16-/m1/s1. The number of carbonyl (C=O) groups is 3. The molecule has 9 nitrogen and oxygen atoms in total. The van der Waals surface area contributed by atoms with Crippen LogP contribution in [0.4, 0.5) is 0 Å². The smallest absolute Gasteiger partial charge is 0.329 e. The van der Waals surface area contributed by atoms with Crippen molar-refractivity contribution in [3.8, 4) is 5.75 Å². The molecule has 31 heavy (non-hydrogen) atoms. The van der Waals surface area contributed by atoms with Gasteiger partial charge in [-0.1, -0.05) is 30.3 Å². The highest BCUT2D eigenvalue weighted by atomic mass is 16.5. The number of nitrogens with one attached hydrogen (secondary N) is 3. The molecule has 164 valence electrons. The second-order valence-electron chi connectivity index (χ2n) is 6.51. The second-order valence-corrected chi connectivity index (χ2v) is 6.51. The first-order valence-electron chi connectivity index (χ1n) is 9.67. The number of rotatable bonds is 10. The van der Waals surface area contributed by atoms with E-state index < -0.39 is 11.8 Å². The number of hydrogen-bond donors (Lipinski definition) is 3. The molecule has 0 spiro atoms. The molecular weight excluding hydrogens is 400 g/mol. The van der Waals surface area contributed by atoms with Gasteiger partial charge in [0, 0.05) is 13.7 Å². The molecule has 0 aromatic heterocycles. The third-order valence-electron chi connectivity index (χ3n) is 4.10. The summed E-state index contributed by atoms with van der Waals surface area (Å²) in [7, 11) is 1.49. The summed E-state index contributed by atoms with van der Waals surface area (Å²) in [5.74, 6) is -1.38. The lowest BCUT2D eigenvalue weighted by Gasteiger charge is -2.14. The van der Waals surface area contributed by atoms with E-state index in [1.807, 2.05) is 37.3 Å². The molecule has 0 heterocycles. The fraction of sp³-hybridized carbons (Fsp3) is 0.273. The molecule has 0 radical (unpaired) electrons. The topological polar surface area (TPSA) is 118 Å². The number of benzene rings is 2. The summed E-state index contributed by atoms with van der Waals surface area (Å²) in [5.41, 5.74) is 3.83. The van der Waals surface area contributed by atoms with Gasteiger partial charge >= 0.3 is 11.8 Å². The lowest BCUT2D eigenvalue weighted by Crippen LogP contribution is -2.39. The summed E-state index contributed by atoms with van der Waals surface area (Å²) in [4.78, 5) is 35.1. The molecule has 2 rings (SSSR count). The maximum absolute atomic E-state index is 12.1. The van der Waals surface area contributed by atoms with E-state index in [1.54, 1.807) is 24.3 Å². The first-order chi connectivity index (χ1) is 15.0. The molecule has 1 atom stereocenters. The van der Waals surface area contributed by atoms with Crippen molar-refractivity contribution in [1.82, 2.24) is 16.1 Å². The quantitative estimate of drug-likeness (QED) is 0.228. The predicted octanol–water partition coefficient (Wildman–Crippen LogP) is 1.16. The first-order valence-corrected chi connectivity index (χ1v) is 9.67. The molecule has 9 heteroatoms. The Morgan fingerprint density at radius 1 is 1.03 bits per heavy atom. The maximum Gasteiger partial charge on any atom is 0.329 e. The Morgan fingerprint density at radius 2 is 1.74 bits per heavy atom. The minimum Gasteiger partial charge on any atom is -0.484 e. The molecule has 2 aromatic carbocycles. The van der Waals surface area contributed by atoms with Gasteiger partial charge in [-0.15, -0.1) is 0 Å². The van der Waals surface area contributed by atoms with Crippen LogP contribution >= 0.6 is 0 Å². The van der Waals surface area contributed by atoms with Crippen LogP contribution in [0.2, 0.25) is 0 Å². The molecule has 0 unspecified atom stereocenters. The largest absolute Gasteiger partial charge is 0.484 e. The van der Waals surface area contributed by atoms with Crippen molar-refractivity contribution in [1.29, 1.82) is 0 Å². The SMILES string of the molecule is COCCNC(=O)C(=O)N/N=C\c1ccc(OCC(=O)N[C@H](C)c2ccccc2)cc1. The van der Waals surface area contributed by atoms with Gasteiger partial charge in [0.2, 0.25) is 0 Å². The maximum atomic E-state index is 12.1. The Balaban J connectivity index is 1.73. The van der Waals surface area contributed by atoms with Crippen LogP contribution in [0.1, 0.15) is 24.1 Å². The monoisotopic (exact) mass is 426 g/mol. The molecule has 3 N–H and O–H groups in total. The molecule has 0 aliphatic heterocycles. The highest BCUT2D eigenvalue weighted by Gasteiger charge is 2.11. The Hall–Kier alpha value is -3.72. The summed E-state index contributed by atoms with van der Waals surface area (Å²) in [6, 6.07) is 16.3. The molecule has 0 aliphatic carbocycles. The zero-order valence-electron chi connectivity index (χ0n) is 17.5. The molecule has 0 fully saturated rings. The zero-order chi connectivity index (χ0) is 22.5. The Morgan fingerprint density at radius 3 is 2.42 bits per heavy atom. The third-order valence-corrected chi connectivity index (χ3v) is 4.10. The van der Waals surface area contributed by atoms with Gasteiger partial charge in [-0.25, -0.2) is 5.43 Å². The minimum absolute atomic E-state index is 0.112. The molecule has 0 aliphatic rings. The molecule has 0 bridgehead atoms. The van der Waals surface area contributed by atoms with Crippen LogP contribution in [-0.2, 0) is 19.1 Å². The van der Waals surface area contributed by atoms with Gasteiger partial charge in [-0.05, 0) is 42.3 Å². The van der Waals surface area contributed by atoms with Gasteiger partial charge in [0.15, 0.2) is 6.61 Å². The van der Waals surface area contributed by atoms with E-state index in [0.29, 0.717) is 17.9 Å². The Labute approximate surface area is 180 Å². The highest BCUT2D eigenvalue weighted by Crippen LogP contribution is 2.13. The van der Waals surface area contributed by atoms with E-state index in [-0.39, 0.29) is 25.1 Å². The van der Waals surface area contributed by atoms with Crippen LogP contribution in [0, 0.1) is 0 Å². The zero-order valence-corrected chi connectivity index (χ0v) is 17.5. The number of methoxy groups -OCH3 is 1. The van der Waals surface area contributed by atoms with Gasteiger partial charge in [0.25, 0.3) is 5.91 Å². The Kier molecular flexibility index (Phi) is 9.70. The van der Waals surface area contributed by atoms with Crippen molar-refractivity contribution in [3.05, 3.63) is 65.7 Å². The van der Waals surface area contributed by atoms with E-state index in [9.17, 15) is 14.4 Å². The summed E-state index contributed by atoms with van der Waals surface area (Å²) < 4.78 is 10.3. The van der Waals surface area contributed by atoms with Crippen molar-refractivity contribution in [2.45, 2.75) is 13.0 Å². The average molecular weight is 426 g/mol. The van der Waals surface area contributed by atoms with Crippen LogP contribution in [0.5, 0.6) is 5.75 Å². The fourth-order valence-corrected chi connectivity index (χ4v) is 2.47. The van der Waals surface area contributed by atoms with E-state index in [2.05, 4.69) is 21.2 Å². The summed E-state index contributed by atoms with van der Waals surface area (Å²) >= 11 is 0. The van der Waals surface area contributed by atoms with E-state index in [1.165, 1.54) is 13.3 Å².